The molecule has 0 aliphatic heterocycles. The molecule has 0 rings (SSSR count). The van der Waals surface area contributed by atoms with Crippen LogP contribution in [0.5, 0.6) is 0 Å². The lowest BCUT2D eigenvalue weighted by Crippen LogP contribution is -2.45. The van der Waals surface area contributed by atoms with E-state index in [4.69, 9.17) is 9.05 Å². The maximum absolute atomic E-state index is 13.1. The Kier molecular flexibility index (Phi) is 67.0. The molecule has 0 saturated heterocycles. The second-order valence-electron chi connectivity index (χ2n) is 28.1. The number of phosphoric acid groups is 1. The van der Waals surface area contributed by atoms with Crippen molar-refractivity contribution in [2.45, 2.75) is 431 Å². The quantitative estimate of drug-likeness (QED) is 0.0243. The van der Waals surface area contributed by atoms with E-state index in [0.717, 1.165) is 32.1 Å². The Morgan fingerprint density at radius 3 is 0.871 bits per heavy atom. The zero-order chi connectivity index (χ0) is 61.9. The normalized spacial score (nSPS) is 13.5. The van der Waals surface area contributed by atoms with E-state index in [1.54, 1.807) is 6.08 Å². The second kappa shape index (κ2) is 67.6. The van der Waals surface area contributed by atoms with E-state index in [1.807, 2.05) is 27.2 Å². The Balaban J connectivity index is 3.90. The molecule has 9 heteroatoms. The molecule has 85 heavy (non-hydrogen) atoms. The fraction of sp³-hybridized carbons (Fsp3) is 0.961. The largest absolute Gasteiger partial charge is 0.472 e. The summed E-state index contributed by atoms with van der Waals surface area (Å²) in [6, 6.07) is -0.844. The van der Waals surface area contributed by atoms with Gasteiger partial charge in [-0.3, -0.25) is 13.8 Å². The summed E-state index contributed by atoms with van der Waals surface area (Å²) in [5.74, 6) is -0.166. The first-order valence-electron chi connectivity index (χ1n) is 38.6. The zero-order valence-electron chi connectivity index (χ0n) is 58.4. The molecule has 0 bridgehead atoms. The van der Waals surface area contributed by atoms with Crippen molar-refractivity contribution in [1.29, 1.82) is 0 Å². The Morgan fingerprint density at radius 1 is 0.388 bits per heavy atom. The number of hydrogen-bond acceptors (Lipinski definition) is 5. The summed E-state index contributed by atoms with van der Waals surface area (Å²) in [7, 11) is 1.60. The number of amides is 1. The van der Waals surface area contributed by atoms with Gasteiger partial charge in [0.15, 0.2) is 0 Å². The SMILES string of the molecule is CCCCCCCCCCCCCCCCCCCCCCCC/C=C/C(O)C(COP(=O)(O)OCC[N+](C)(C)C)NC(=O)CCCCCCCCCCCCCCCCCCCCCCCCCCCCCCCCCCCCCCCCC. The number of hydrogen-bond donors (Lipinski definition) is 3. The first-order chi connectivity index (χ1) is 41.5. The van der Waals surface area contributed by atoms with Crippen LogP contribution in [0.3, 0.4) is 0 Å². The van der Waals surface area contributed by atoms with Crippen LogP contribution in [0.2, 0.25) is 0 Å². The van der Waals surface area contributed by atoms with Crippen molar-refractivity contribution in [3.8, 4) is 0 Å². The van der Waals surface area contributed by atoms with E-state index < -0.39 is 20.0 Å². The van der Waals surface area contributed by atoms with Crippen molar-refractivity contribution in [2.24, 2.45) is 0 Å². The highest BCUT2D eigenvalue weighted by atomic mass is 31.2. The average molecular weight is 1220 g/mol. The summed E-state index contributed by atoms with van der Waals surface area (Å²) in [5, 5.41) is 14.0. The molecule has 3 unspecified atom stereocenters. The maximum Gasteiger partial charge on any atom is 0.472 e. The molecule has 0 aliphatic carbocycles. The zero-order valence-corrected chi connectivity index (χ0v) is 59.3. The molecule has 0 aliphatic rings. The van der Waals surface area contributed by atoms with Gasteiger partial charge in [-0.05, 0) is 19.3 Å². The molecular weight excluding hydrogens is 1070 g/mol. The monoisotopic (exact) mass is 1220 g/mol. The highest BCUT2D eigenvalue weighted by molar-refractivity contribution is 7.47. The third kappa shape index (κ3) is 70.6. The summed E-state index contributed by atoms with van der Waals surface area (Å²) in [4.78, 5) is 23.5. The highest BCUT2D eigenvalue weighted by Gasteiger charge is 2.28. The average Bonchev–Trinajstić information content (AvgIpc) is 3.49. The van der Waals surface area contributed by atoms with Gasteiger partial charge in [-0.1, -0.05) is 405 Å². The topological polar surface area (TPSA) is 105 Å². The molecule has 3 atom stereocenters. The molecular formula is C76H154N2O6P+. The van der Waals surface area contributed by atoms with E-state index in [0.29, 0.717) is 17.4 Å². The molecule has 3 N–H and O–H groups in total. The molecule has 0 heterocycles. The number of aliphatic hydroxyl groups excluding tert-OH is 1. The molecule has 0 fully saturated rings. The number of carbonyl (C=O) groups excluding carboxylic acids is 1. The summed E-state index contributed by atoms with van der Waals surface area (Å²) < 4.78 is 23.9. The van der Waals surface area contributed by atoms with E-state index in [9.17, 15) is 19.4 Å². The molecule has 0 radical (unpaired) electrons. The smallest absolute Gasteiger partial charge is 0.387 e. The van der Waals surface area contributed by atoms with Crippen molar-refractivity contribution >= 4 is 13.7 Å². The predicted molar refractivity (Wildman–Crippen MR) is 374 cm³/mol. The van der Waals surface area contributed by atoms with Gasteiger partial charge in [0.05, 0.1) is 39.9 Å². The summed E-state index contributed by atoms with van der Waals surface area (Å²) in [6.45, 7) is 4.89. The van der Waals surface area contributed by atoms with Gasteiger partial charge in [-0.25, -0.2) is 4.57 Å². The highest BCUT2D eigenvalue weighted by Crippen LogP contribution is 2.43. The lowest BCUT2D eigenvalue weighted by Gasteiger charge is -2.25. The van der Waals surface area contributed by atoms with Gasteiger partial charge in [-0.2, -0.15) is 0 Å². The Hall–Kier alpha value is -0.760. The maximum atomic E-state index is 13.1. The molecule has 0 saturated carbocycles. The van der Waals surface area contributed by atoms with Crippen molar-refractivity contribution in [3.63, 3.8) is 0 Å². The van der Waals surface area contributed by atoms with Crippen LogP contribution in [0.25, 0.3) is 0 Å². The number of unbranched alkanes of at least 4 members (excludes halogenated alkanes) is 60. The number of carbonyl (C=O) groups is 1. The molecule has 0 spiro atoms. The second-order valence-corrected chi connectivity index (χ2v) is 29.6. The Bertz CT molecular complexity index is 1390. The first-order valence-corrected chi connectivity index (χ1v) is 40.1. The van der Waals surface area contributed by atoms with Gasteiger partial charge in [0.2, 0.25) is 5.91 Å². The number of nitrogens with zero attached hydrogens (tertiary/aromatic N) is 1. The number of nitrogens with one attached hydrogen (secondary N) is 1. The van der Waals surface area contributed by atoms with Gasteiger partial charge in [0.25, 0.3) is 0 Å². The van der Waals surface area contributed by atoms with Crippen LogP contribution in [0.15, 0.2) is 12.2 Å². The van der Waals surface area contributed by atoms with Gasteiger partial charge in [0, 0.05) is 6.42 Å². The van der Waals surface area contributed by atoms with Crippen LogP contribution in [0, 0.1) is 0 Å². The van der Waals surface area contributed by atoms with Crippen LogP contribution >= 0.6 is 7.82 Å². The van der Waals surface area contributed by atoms with Crippen LogP contribution in [0.1, 0.15) is 418 Å². The molecule has 0 aromatic rings. The van der Waals surface area contributed by atoms with Gasteiger partial charge >= 0.3 is 7.82 Å². The van der Waals surface area contributed by atoms with E-state index in [1.165, 1.54) is 366 Å². The predicted octanol–water partition coefficient (Wildman–Crippen LogP) is 24.8. The van der Waals surface area contributed by atoms with Crippen molar-refractivity contribution in [1.82, 2.24) is 5.32 Å². The van der Waals surface area contributed by atoms with E-state index >= 15 is 0 Å². The summed E-state index contributed by atoms with van der Waals surface area (Å²) >= 11 is 0. The number of likely N-dealkylation sites (N-methyl/N-ethyl adjacent to an activating group) is 1. The van der Waals surface area contributed by atoms with Gasteiger partial charge in [-0.15, -0.1) is 0 Å². The Morgan fingerprint density at radius 2 is 0.624 bits per heavy atom. The lowest BCUT2D eigenvalue weighted by atomic mass is 10.0. The third-order valence-corrected chi connectivity index (χ3v) is 19.2. The third-order valence-electron chi connectivity index (χ3n) is 18.3. The van der Waals surface area contributed by atoms with Crippen LogP contribution < -0.4 is 5.32 Å². The van der Waals surface area contributed by atoms with Gasteiger partial charge < -0.3 is 19.8 Å². The number of allylic oxidation sites excluding steroid dienone is 1. The van der Waals surface area contributed by atoms with Crippen molar-refractivity contribution < 1.29 is 32.9 Å². The fourth-order valence-corrected chi connectivity index (χ4v) is 13.0. The number of aliphatic hydroxyl groups is 1. The standard InChI is InChI=1S/C76H153N2O6P/c1-6-8-10-12-14-16-18-20-22-24-26-28-30-32-33-34-35-36-37-38-39-40-41-42-43-44-45-46-48-50-52-54-56-58-60-62-64-66-68-70-76(80)77-74(73-84-85(81,82)83-72-71-78(3,4)5)75(79)69-67-65-63-61-59-57-55-53-51-49-47-31-29-27-25-23-21-19-17-15-13-11-9-7-2/h67,69,74-75,79H,6-66,68,70-73H2,1-5H3,(H-,77,80,81,82)/p+1/b69-67+. The van der Waals surface area contributed by atoms with Gasteiger partial charge in [0.1, 0.15) is 13.2 Å². The number of quaternary nitrogens is 1. The van der Waals surface area contributed by atoms with Crippen LogP contribution in [-0.2, 0) is 18.4 Å². The van der Waals surface area contributed by atoms with Crippen molar-refractivity contribution in [3.05, 3.63) is 12.2 Å². The summed E-state index contributed by atoms with van der Waals surface area (Å²) in [5.41, 5.74) is 0. The molecule has 0 aromatic carbocycles. The molecule has 8 nitrogen and oxygen atoms in total. The van der Waals surface area contributed by atoms with E-state index in [-0.39, 0.29) is 19.1 Å². The minimum atomic E-state index is -4.35. The van der Waals surface area contributed by atoms with Crippen molar-refractivity contribution in [2.75, 3.05) is 40.9 Å². The number of phosphoric ester groups is 1. The fourth-order valence-electron chi connectivity index (χ4n) is 12.3. The summed E-state index contributed by atoms with van der Waals surface area (Å²) in [6.07, 6.45) is 88.3. The van der Waals surface area contributed by atoms with E-state index in [2.05, 4.69) is 19.2 Å². The minimum Gasteiger partial charge on any atom is -0.387 e. The minimum absolute atomic E-state index is 0.0656. The molecule has 0 aromatic heterocycles. The lowest BCUT2D eigenvalue weighted by molar-refractivity contribution is -0.870. The molecule has 508 valence electrons. The van der Waals surface area contributed by atoms with Crippen LogP contribution in [0.4, 0.5) is 0 Å². The molecule has 1 amide bonds. The Labute approximate surface area is 532 Å². The van der Waals surface area contributed by atoms with Crippen LogP contribution in [-0.4, -0.2) is 73.4 Å². The number of rotatable bonds is 73. The first kappa shape index (κ1) is 84.2.